The molecule has 1 atom stereocenters. The number of fused-ring (bicyclic) bond motifs is 1. The molecular weight excluding hydrogens is 318 g/mol. The van der Waals surface area contributed by atoms with Gasteiger partial charge in [-0.1, -0.05) is 12.1 Å². The van der Waals surface area contributed by atoms with Crippen LogP contribution in [-0.4, -0.2) is 39.6 Å². The van der Waals surface area contributed by atoms with Crippen molar-refractivity contribution in [2.75, 3.05) is 11.4 Å². The van der Waals surface area contributed by atoms with Gasteiger partial charge < -0.3 is 10.2 Å². The van der Waals surface area contributed by atoms with Crippen molar-refractivity contribution in [1.82, 2.24) is 20.5 Å². The quantitative estimate of drug-likeness (QED) is 0.764. The molecule has 0 aliphatic carbocycles. The average Bonchev–Trinajstić information content (AvgIpc) is 3.13. The van der Waals surface area contributed by atoms with Gasteiger partial charge in [-0.15, -0.1) is 0 Å². The van der Waals surface area contributed by atoms with Crippen molar-refractivity contribution in [1.29, 1.82) is 0 Å². The number of aromatic nitrogens is 3. The first kappa shape index (κ1) is 15.3. The summed E-state index contributed by atoms with van der Waals surface area (Å²) in [5, 5.41) is 10.5. The third-order valence-electron chi connectivity index (χ3n) is 4.42. The molecule has 1 aliphatic heterocycles. The van der Waals surface area contributed by atoms with Gasteiger partial charge in [0.05, 0.1) is 29.2 Å². The lowest BCUT2D eigenvalue weighted by Crippen LogP contribution is -2.52. The molecule has 0 radical (unpaired) electrons. The van der Waals surface area contributed by atoms with Crippen molar-refractivity contribution < 1.29 is 9.59 Å². The van der Waals surface area contributed by atoms with E-state index in [9.17, 15) is 9.59 Å². The van der Waals surface area contributed by atoms with Crippen LogP contribution in [0.1, 0.15) is 23.2 Å². The van der Waals surface area contributed by atoms with Crippen molar-refractivity contribution in [2.24, 2.45) is 0 Å². The van der Waals surface area contributed by atoms with E-state index >= 15 is 0 Å². The molecule has 1 saturated heterocycles. The molecule has 0 bridgehead atoms. The second-order valence-corrected chi connectivity index (χ2v) is 6.01. The lowest BCUT2D eigenvalue weighted by Gasteiger charge is -2.32. The largest absolute Gasteiger partial charge is 0.340 e. The third-order valence-corrected chi connectivity index (χ3v) is 4.42. The van der Waals surface area contributed by atoms with Gasteiger partial charge in [-0.2, -0.15) is 5.10 Å². The maximum atomic E-state index is 12.8. The number of rotatable bonds is 3. The lowest BCUT2D eigenvalue weighted by molar-refractivity contribution is -0.121. The molecule has 2 amide bonds. The number of carbonyl (C=O) groups excluding carboxylic acids is 2. The Morgan fingerprint density at radius 1 is 1.24 bits per heavy atom. The number of nitrogens with one attached hydrogen (secondary N) is 2. The molecule has 25 heavy (non-hydrogen) atoms. The molecule has 3 aromatic rings. The number of nitrogens with zero attached hydrogens (tertiary/aromatic N) is 3. The first-order valence-corrected chi connectivity index (χ1v) is 8.18. The van der Waals surface area contributed by atoms with Crippen LogP contribution < -0.4 is 10.2 Å². The normalized spacial score (nSPS) is 17.7. The maximum Gasteiger partial charge on any atom is 0.254 e. The molecule has 1 aromatic carbocycles. The average molecular weight is 335 g/mol. The van der Waals surface area contributed by atoms with Gasteiger partial charge in [-0.3, -0.25) is 19.7 Å². The van der Waals surface area contributed by atoms with E-state index in [2.05, 4.69) is 20.5 Å². The van der Waals surface area contributed by atoms with Crippen LogP contribution in [0.2, 0.25) is 0 Å². The second kappa shape index (κ2) is 6.35. The van der Waals surface area contributed by atoms with E-state index < -0.39 is 6.04 Å². The summed E-state index contributed by atoms with van der Waals surface area (Å²) in [4.78, 5) is 31.2. The van der Waals surface area contributed by atoms with E-state index in [0.29, 0.717) is 24.0 Å². The van der Waals surface area contributed by atoms with Gasteiger partial charge in [0, 0.05) is 18.1 Å². The zero-order valence-electron chi connectivity index (χ0n) is 13.5. The number of piperidine rings is 1. The number of H-pyrrole nitrogens is 1. The van der Waals surface area contributed by atoms with Crippen molar-refractivity contribution in [3.63, 3.8) is 0 Å². The summed E-state index contributed by atoms with van der Waals surface area (Å²) in [7, 11) is 0. The smallest absolute Gasteiger partial charge is 0.254 e. The molecule has 0 saturated carbocycles. The standard InChI is InChI=1S/C18H17N5O2/c24-17(14-6-1-4-12-10-20-22-16(12)14)21-15-7-3-9-23(18(15)25)13-5-2-8-19-11-13/h1-2,4-6,8,10-11,15H,3,7,9H2,(H,20,22)(H,21,24). The number of aromatic amines is 1. The lowest BCUT2D eigenvalue weighted by atomic mass is 10.0. The minimum absolute atomic E-state index is 0.107. The van der Waals surface area contributed by atoms with Crippen molar-refractivity contribution in [2.45, 2.75) is 18.9 Å². The first-order valence-electron chi connectivity index (χ1n) is 8.18. The molecule has 1 aliphatic rings. The summed E-state index contributed by atoms with van der Waals surface area (Å²) >= 11 is 0. The summed E-state index contributed by atoms with van der Waals surface area (Å²) in [6, 6.07) is 8.51. The number of hydrogen-bond acceptors (Lipinski definition) is 4. The second-order valence-electron chi connectivity index (χ2n) is 6.01. The van der Waals surface area contributed by atoms with Gasteiger partial charge in [-0.05, 0) is 31.0 Å². The van der Waals surface area contributed by atoms with Crippen molar-refractivity contribution in [3.8, 4) is 0 Å². The highest BCUT2D eigenvalue weighted by atomic mass is 16.2. The van der Waals surface area contributed by atoms with E-state index in [1.165, 1.54) is 0 Å². The van der Waals surface area contributed by atoms with Crippen LogP contribution in [0.5, 0.6) is 0 Å². The van der Waals surface area contributed by atoms with Crippen LogP contribution in [0.4, 0.5) is 5.69 Å². The highest BCUT2D eigenvalue weighted by Gasteiger charge is 2.31. The number of anilines is 1. The molecule has 1 unspecified atom stereocenters. The highest BCUT2D eigenvalue weighted by Crippen LogP contribution is 2.21. The van der Waals surface area contributed by atoms with E-state index in [1.54, 1.807) is 41.7 Å². The first-order chi connectivity index (χ1) is 12.2. The van der Waals surface area contributed by atoms with Crippen LogP contribution in [0.15, 0.2) is 48.9 Å². The third kappa shape index (κ3) is 2.84. The number of hydrogen-bond donors (Lipinski definition) is 2. The molecule has 4 rings (SSSR count). The Morgan fingerprint density at radius 2 is 2.16 bits per heavy atom. The monoisotopic (exact) mass is 335 g/mol. The molecule has 7 heteroatoms. The van der Waals surface area contributed by atoms with Crippen LogP contribution >= 0.6 is 0 Å². The SMILES string of the molecule is O=C(NC1CCCN(c2cccnc2)C1=O)c1cccc2cn[nH]c12. The van der Waals surface area contributed by atoms with Crippen LogP contribution in [-0.2, 0) is 4.79 Å². The Kier molecular flexibility index (Phi) is 3.89. The Balaban J connectivity index is 1.55. The molecular formula is C18H17N5O2. The summed E-state index contributed by atoms with van der Waals surface area (Å²) in [5.74, 6) is -0.384. The van der Waals surface area contributed by atoms with Crippen LogP contribution in [0.25, 0.3) is 10.9 Å². The van der Waals surface area contributed by atoms with E-state index in [1.807, 2.05) is 12.1 Å². The maximum absolute atomic E-state index is 12.8. The Morgan fingerprint density at radius 3 is 3.00 bits per heavy atom. The molecule has 7 nitrogen and oxygen atoms in total. The molecule has 0 spiro atoms. The van der Waals surface area contributed by atoms with Gasteiger partial charge in [0.25, 0.3) is 5.91 Å². The van der Waals surface area contributed by atoms with E-state index in [4.69, 9.17) is 0 Å². The van der Waals surface area contributed by atoms with E-state index in [-0.39, 0.29) is 11.8 Å². The van der Waals surface area contributed by atoms with Gasteiger partial charge >= 0.3 is 0 Å². The predicted octanol–water partition coefficient (Wildman–Crippen LogP) is 1.88. The number of para-hydroxylation sites is 1. The predicted molar refractivity (Wildman–Crippen MR) is 93.2 cm³/mol. The number of amides is 2. The molecule has 2 N–H and O–H groups in total. The van der Waals surface area contributed by atoms with Crippen LogP contribution in [0.3, 0.4) is 0 Å². The summed E-state index contributed by atoms with van der Waals surface area (Å²) < 4.78 is 0. The fraction of sp³-hybridized carbons (Fsp3) is 0.222. The van der Waals surface area contributed by atoms with Crippen molar-refractivity contribution in [3.05, 3.63) is 54.5 Å². The molecule has 2 aromatic heterocycles. The zero-order chi connectivity index (χ0) is 17.2. The number of pyridine rings is 1. The fourth-order valence-corrected chi connectivity index (χ4v) is 3.17. The molecule has 3 heterocycles. The topological polar surface area (TPSA) is 91.0 Å². The molecule has 126 valence electrons. The Labute approximate surface area is 144 Å². The van der Waals surface area contributed by atoms with Crippen LogP contribution in [0, 0.1) is 0 Å². The van der Waals surface area contributed by atoms with Gasteiger partial charge in [0.1, 0.15) is 6.04 Å². The molecule has 1 fully saturated rings. The summed E-state index contributed by atoms with van der Waals surface area (Å²) in [6.45, 7) is 0.632. The minimum Gasteiger partial charge on any atom is -0.340 e. The summed E-state index contributed by atoms with van der Waals surface area (Å²) in [5.41, 5.74) is 1.91. The van der Waals surface area contributed by atoms with Gasteiger partial charge in [-0.25, -0.2) is 0 Å². The highest BCUT2D eigenvalue weighted by molar-refractivity contribution is 6.08. The van der Waals surface area contributed by atoms with Gasteiger partial charge in [0.2, 0.25) is 5.91 Å². The minimum atomic E-state index is -0.542. The number of carbonyl (C=O) groups is 2. The van der Waals surface area contributed by atoms with Crippen molar-refractivity contribution >= 4 is 28.4 Å². The van der Waals surface area contributed by atoms with Gasteiger partial charge in [0.15, 0.2) is 0 Å². The zero-order valence-corrected chi connectivity index (χ0v) is 13.5. The Bertz CT molecular complexity index is 921. The fourth-order valence-electron chi connectivity index (χ4n) is 3.17. The van der Waals surface area contributed by atoms with E-state index in [0.717, 1.165) is 17.5 Å². The number of benzene rings is 1. The summed E-state index contributed by atoms with van der Waals surface area (Å²) in [6.07, 6.45) is 6.44. The Hall–Kier alpha value is -3.22.